The molecule has 1 heterocycles. The SMILES string of the molecule is COc1ccc(Nc2cc(Br)ncn2)cc1F. The van der Waals surface area contributed by atoms with Crippen molar-refractivity contribution >= 4 is 27.4 Å². The van der Waals surface area contributed by atoms with E-state index in [2.05, 4.69) is 31.2 Å². The van der Waals surface area contributed by atoms with Crippen molar-refractivity contribution in [3.8, 4) is 5.75 Å². The highest BCUT2D eigenvalue weighted by Crippen LogP contribution is 2.23. The molecule has 1 aromatic carbocycles. The summed E-state index contributed by atoms with van der Waals surface area (Å²) in [6.45, 7) is 0. The molecule has 2 aromatic rings. The molecule has 0 aliphatic rings. The number of anilines is 2. The monoisotopic (exact) mass is 297 g/mol. The van der Waals surface area contributed by atoms with Crippen molar-refractivity contribution in [1.29, 1.82) is 0 Å². The minimum absolute atomic E-state index is 0.208. The summed E-state index contributed by atoms with van der Waals surface area (Å²) in [7, 11) is 1.42. The van der Waals surface area contributed by atoms with Gasteiger partial charge in [-0.1, -0.05) is 0 Å². The van der Waals surface area contributed by atoms with Gasteiger partial charge >= 0.3 is 0 Å². The van der Waals surface area contributed by atoms with Crippen LogP contribution in [-0.2, 0) is 0 Å². The summed E-state index contributed by atoms with van der Waals surface area (Å²) in [5.41, 5.74) is 0.592. The van der Waals surface area contributed by atoms with E-state index in [1.165, 1.54) is 19.5 Å². The molecule has 6 heteroatoms. The second-order valence-corrected chi connectivity index (χ2v) is 4.01. The number of nitrogens with one attached hydrogen (secondary N) is 1. The van der Waals surface area contributed by atoms with Gasteiger partial charge in [-0.25, -0.2) is 14.4 Å². The van der Waals surface area contributed by atoms with Crippen LogP contribution in [0.15, 0.2) is 35.2 Å². The van der Waals surface area contributed by atoms with Crippen molar-refractivity contribution in [3.63, 3.8) is 0 Å². The highest BCUT2D eigenvalue weighted by Gasteiger charge is 2.04. The van der Waals surface area contributed by atoms with Gasteiger partial charge in [-0.3, -0.25) is 0 Å². The fourth-order valence-corrected chi connectivity index (χ4v) is 1.60. The lowest BCUT2D eigenvalue weighted by Gasteiger charge is -2.07. The highest BCUT2D eigenvalue weighted by atomic mass is 79.9. The number of halogens is 2. The zero-order valence-corrected chi connectivity index (χ0v) is 10.5. The number of methoxy groups -OCH3 is 1. The molecule has 0 radical (unpaired) electrons. The van der Waals surface area contributed by atoms with Crippen LogP contribution in [0.1, 0.15) is 0 Å². The van der Waals surface area contributed by atoms with Crippen LogP contribution in [0.2, 0.25) is 0 Å². The van der Waals surface area contributed by atoms with Crippen LogP contribution in [0.5, 0.6) is 5.75 Å². The number of nitrogens with zero attached hydrogens (tertiary/aromatic N) is 2. The Labute approximate surface area is 106 Å². The van der Waals surface area contributed by atoms with E-state index >= 15 is 0 Å². The first-order valence-electron chi connectivity index (χ1n) is 4.77. The minimum atomic E-state index is -0.425. The van der Waals surface area contributed by atoms with E-state index in [0.717, 1.165) is 0 Å². The zero-order chi connectivity index (χ0) is 12.3. The molecule has 0 fully saturated rings. The smallest absolute Gasteiger partial charge is 0.167 e. The lowest BCUT2D eigenvalue weighted by atomic mass is 10.3. The summed E-state index contributed by atoms with van der Waals surface area (Å²) in [6, 6.07) is 6.29. The van der Waals surface area contributed by atoms with Gasteiger partial charge in [-0.05, 0) is 28.1 Å². The summed E-state index contributed by atoms with van der Waals surface area (Å²) in [5, 5.41) is 2.96. The van der Waals surface area contributed by atoms with E-state index in [-0.39, 0.29) is 5.75 Å². The van der Waals surface area contributed by atoms with E-state index < -0.39 is 5.82 Å². The molecular formula is C11H9BrFN3O. The van der Waals surface area contributed by atoms with Crippen LogP contribution in [0, 0.1) is 5.82 Å². The van der Waals surface area contributed by atoms with E-state index in [1.54, 1.807) is 18.2 Å². The first kappa shape index (κ1) is 11.8. The standard InChI is InChI=1S/C11H9BrFN3O/c1-17-9-3-2-7(4-8(9)13)16-11-5-10(12)14-6-15-11/h2-6H,1H3,(H,14,15,16). The Morgan fingerprint density at radius 2 is 2.12 bits per heavy atom. The minimum Gasteiger partial charge on any atom is -0.494 e. The molecule has 0 saturated heterocycles. The van der Waals surface area contributed by atoms with E-state index in [4.69, 9.17) is 4.74 Å². The lowest BCUT2D eigenvalue weighted by Crippen LogP contribution is -1.96. The van der Waals surface area contributed by atoms with Crippen molar-refractivity contribution < 1.29 is 9.13 Å². The summed E-state index contributed by atoms with van der Waals surface area (Å²) < 4.78 is 18.9. The number of benzene rings is 1. The number of ether oxygens (including phenoxy) is 1. The predicted molar refractivity (Wildman–Crippen MR) is 66.0 cm³/mol. The van der Waals surface area contributed by atoms with Gasteiger partial charge in [0.05, 0.1) is 7.11 Å². The molecule has 17 heavy (non-hydrogen) atoms. The lowest BCUT2D eigenvalue weighted by molar-refractivity contribution is 0.386. The molecule has 0 saturated carbocycles. The van der Waals surface area contributed by atoms with Gasteiger partial charge in [-0.2, -0.15) is 0 Å². The van der Waals surface area contributed by atoms with Crippen molar-refractivity contribution in [3.05, 3.63) is 41.0 Å². The van der Waals surface area contributed by atoms with Gasteiger partial charge in [0.25, 0.3) is 0 Å². The molecule has 88 valence electrons. The van der Waals surface area contributed by atoms with Crippen LogP contribution < -0.4 is 10.1 Å². The number of rotatable bonds is 3. The maximum absolute atomic E-state index is 13.4. The molecule has 2 rings (SSSR count). The maximum atomic E-state index is 13.4. The van der Waals surface area contributed by atoms with Crippen LogP contribution in [0.4, 0.5) is 15.9 Å². The third kappa shape index (κ3) is 2.91. The largest absolute Gasteiger partial charge is 0.494 e. The third-order valence-corrected chi connectivity index (χ3v) is 2.49. The Hall–Kier alpha value is -1.69. The fourth-order valence-electron chi connectivity index (χ4n) is 1.29. The average molecular weight is 298 g/mol. The van der Waals surface area contributed by atoms with Crippen LogP contribution in [0.3, 0.4) is 0 Å². The van der Waals surface area contributed by atoms with Gasteiger partial charge in [0.1, 0.15) is 16.7 Å². The molecule has 0 aliphatic heterocycles. The Balaban J connectivity index is 2.22. The van der Waals surface area contributed by atoms with Crippen LogP contribution in [0.25, 0.3) is 0 Å². The molecule has 1 N–H and O–H groups in total. The Morgan fingerprint density at radius 3 is 2.76 bits per heavy atom. The molecule has 0 spiro atoms. The number of hydrogen-bond donors (Lipinski definition) is 1. The van der Waals surface area contributed by atoms with Crippen LogP contribution in [-0.4, -0.2) is 17.1 Å². The number of aromatic nitrogens is 2. The van der Waals surface area contributed by atoms with Crippen molar-refractivity contribution in [2.45, 2.75) is 0 Å². The fraction of sp³-hybridized carbons (Fsp3) is 0.0909. The normalized spacial score (nSPS) is 10.1. The van der Waals surface area contributed by atoms with Gasteiger partial charge in [-0.15, -0.1) is 0 Å². The van der Waals surface area contributed by atoms with E-state index in [1.807, 2.05) is 0 Å². The van der Waals surface area contributed by atoms with E-state index in [0.29, 0.717) is 16.1 Å². The quantitative estimate of drug-likeness (QED) is 0.884. The third-order valence-electron chi connectivity index (χ3n) is 2.06. The van der Waals surface area contributed by atoms with E-state index in [9.17, 15) is 4.39 Å². The zero-order valence-electron chi connectivity index (χ0n) is 8.95. The van der Waals surface area contributed by atoms with Crippen molar-refractivity contribution in [2.24, 2.45) is 0 Å². The van der Waals surface area contributed by atoms with Crippen LogP contribution >= 0.6 is 15.9 Å². The predicted octanol–water partition coefficient (Wildman–Crippen LogP) is 3.13. The number of hydrogen-bond acceptors (Lipinski definition) is 4. The average Bonchev–Trinajstić information content (AvgIpc) is 2.29. The summed E-state index contributed by atoms with van der Waals surface area (Å²) >= 11 is 3.23. The first-order chi connectivity index (χ1) is 8.19. The van der Waals surface area contributed by atoms with Gasteiger partial charge in [0.15, 0.2) is 11.6 Å². The Bertz CT molecular complexity index is 536. The maximum Gasteiger partial charge on any atom is 0.167 e. The highest BCUT2D eigenvalue weighted by molar-refractivity contribution is 9.10. The Kier molecular flexibility index (Phi) is 3.53. The molecule has 1 aromatic heterocycles. The van der Waals surface area contributed by atoms with Gasteiger partial charge in [0, 0.05) is 17.8 Å². The van der Waals surface area contributed by atoms with Crippen molar-refractivity contribution in [2.75, 3.05) is 12.4 Å². The molecule has 0 amide bonds. The summed E-state index contributed by atoms with van der Waals surface area (Å²) in [6.07, 6.45) is 1.41. The summed E-state index contributed by atoms with van der Waals surface area (Å²) in [5.74, 6) is 0.362. The summed E-state index contributed by atoms with van der Waals surface area (Å²) in [4.78, 5) is 7.90. The van der Waals surface area contributed by atoms with Crippen molar-refractivity contribution in [1.82, 2.24) is 9.97 Å². The topological polar surface area (TPSA) is 47.0 Å². The molecule has 0 aliphatic carbocycles. The van der Waals surface area contributed by atoms with Gasteiger partial charge < -0.3 is 10.1 Å². The molecule has 0 bridgehead atoms. The molecule has 0 unspecified atom stereocenters. The molecular weight excluding hydrogens is 289 g/mol. The first-order valence-corrected chi connectivity index (χ1v) is 5.56. The Morgan fingerprint density at radius 1 is 1.29 bits per heavy atom. The second-order valence-electron chi connectivity index (χ2n) is 3.20. The second kappa shape index (κ2) is 5.09. The van der Waals surface area contributed by atoms with Gasteiger partial charge in [0.2, 0.25) is 0 Å². The molecule has 4 nitrogen and oxygen atoms in total. The molecule has 0 atom stereocenters.